The molecule has 3 N–H and O–H groups in total. The molecule has 1 aromatic heterocycles. The van der Waals surface area contributed by atoms with Gasteiger partial charge in [0, 0.05) is 11.1 Å². The number of fused-ring (bicyclic) bond motifs is 1. The zero-order valence-corrected chi connectivity index (χ0v) is 14.4. The van der Waals surface area contributed by atoms with Crippen molar-refractivity contribution in [3.8, 4) is 0 Å². The lowest BCUT2D eigenvalue weighted by Crippen LogP contribution is -2.40. The molecule has 8 nitrogen and oxygen atoms in total. The third-order valence-electron chi connectivity index (χ3n) is 4.55. The Labute approximate surface area is 153 Å². The first kappa shape index (κ1) is 16.8. The number of anilines is 1. The van der Waals surface area contributed by atoms with E-state index < -0.39 is 17.5 Å². The van der Waals surface area contributed by atoms with Gasteiger partial charge < -0.3 is 15.2 Å². The molecule has 2 heterocycles. The average Bonchev–Trinajstić information content (AvgIpc) is 3.16. The molecule has 8 heteroatoms. The number of para-hydroxylation sites is 1. The number of carbonyl (C=O) groups is 3. The minimum absolute atomic E-state index is 0.0513. The second-order valence-electron chi connectivity index (χ2n) is 6.46. The van der Waals surface area contributed by atoms with Crippen molar-refractivity contribution < 1.29 is 18.9 Å². The lowest BCUT2D eigenvalue weighted by atomic mass is 9.92. The van der Waals surface area contributed by atoms with Gasteiger partial charge in [-0.2, -0.15) is 0 Å². The number of nitrogens with one attached hydrogen (secondary N) is 3. The number of amides is 4. The Hall–Kier alpha value is -3.68. The predicted octanol–water partition coefficient (Wildman–Crippen LogP) is 2.06. The number of benzene rings is 2. The van der Waals surface area contributed by atoms with E-state index in [1.807, 2.05) is 18.2 Å². The molecule has 0 unspecified atom stereocenters. The topological polar surface area (TPSA) is 113 Å². The molecular formula is C19H16N4O4. The van der Waals surface area contributed by atoms with E-state index in [-0.39, 0.29) is 12.3 Å². The van der Waals surface area contributed by atoms with Crippen molar-refractivity contribution in [2.45, 2.75) is 18.9 Å². The highest BCUT2D eigenvalue weighted by atomic mass is 16.5. The highest BCUT2D eigenvalue weighted by Crippen LogP contribution is 2.26. The monoisotopic (exact) mass is 364 g/mol. The summed E-state index contributed by atoms with van der Waals surface area (Å²) in [4.78, 5) is 35.9. The molecule has 1 saturated heterocycles. The fourth-order valence-corrected chi connectivity index (χ4v) is 3.08. The Balaban J connectivity index is 1.52. The molecule has 1 aliphatic rings. The van der Waals surface area contributed by atoms with Gasteiger partial charge in [-0.15, -0.1) is 0 Å². The average molecular weight is 364 g/mol. The second-order valence-corrected chi connectivity index (χ2v) is 6.46. The van der Waals surface area contributed by atoms with Gasteiger partial charge in [-0.3, -0.25) is 14.9 Å². The normalized spacial score (nSPS) is 19.0. The van der Waals surface area contributed by atoms with Gasteiger partial charge in [0.2, 0.25) is 5.91 Å². The van der Waals surface area contributed by atoms with E-state index in [4.69, 9.17) is 4.52 Å². The number of rotatable bonds is 4. The predicted molar refractivity (Wildman–Crippen MR) is 96.8 cm³/mol. The Morgan fingerprint density at radius 2 is 2.00 bits per heavy atom. The van der Waals surface area contributed by atoms with Crippen LogP contribution in [-0.2, 0) is 21.5 Å². The first-order chi connectivity index (χ1) is 13.0. The molecule has 0 saturated carbocycles. The maximum Gasteiger partial charge on any atom is 0.322 e. The van der Waals surface area contributed by atoms with E-state index >= 15 is 0 Å². The summed E-state index contributed by atoms with van der Waals surface area (Å²) in [5.41, 5.74) is 1.07. The zero-order valence-electron chi connectivity index (χ0n) is 14.4. The third kappa shape index (κ3) is 3.01. The summed E-state index contributed by atoms with van der Waals surface area (Å²) < 4.78 is 5.21. The van der Waals surface area contributed by atoms with Gasteiger partial charge in [-0.1, -0.05) is 29.4 Å². The first-order valence-electron chi connectivity index (χ1n) is 8.33. The molecule has 4 rings (SSSR count). The Kier molecular flexibility index (Phi) is 3.88. The van der Waals surface area contributed by atoms with Crippen molar-refractivity contribution in [2.24, 2.45) is 0 Å². The number of imide groups is 1. The molecule has 1 atom stereocenters. The van der Waals surface area contributed by atoms with E-state index in [1.54, 1.807) is 37.3 Å². The van der Waals surface area contributed by atoms with E-state index in [9.17, 15) is 14.4 Å². The molecule has 3 aromatic rings. The van der Waals surface area contributed by atoms with Crippen LogP contribution in [0.4, 0.5) is 10.5 Å². The van der Waals surface area contributed by atoms with Gasteiger partial charge in [-0.25, -0.2) is 4.79 Å². The first-order valence-corrected chi connectivity index (χ1v) is 8.33. The molecule has 1 fully saturated rings. The smallest absolute Gasteiger partial charge is 0.322 e. The summed E-state index contributed by atoms with van der Waals surface area (Å²) >= 11 is 0. The molecule has 27 heavy (non-hydrogen) atoms. The molecule has 4 amide bonds. The minimum Gasteiger partial charge on any atom is -0.356 e. The summed E-state index contributed by atoms with van der Waals surface area (Å²) in [6.45, 7) is 1.61. The molecule has 2 aromatic carbocycles. The van der Waals surface area contributed by atoms with E-state index in [2.05, 4.69) is 21.1 Å². The number of hydrogen-bond donors (Lipinski definition) is 3. The van der Waals surface area contributed by atoms with Gasteiger partial charge >= 0.3 is 6.03 Å². The lowest BCUT2D eigenvalue weighted by molar-refractivity contribution is -0.123. The van der Waals surface area contributed by atoms with Crippen molar-refractivity contribution >= 4 is 34.5 Å². The Bertz CT molecular complexity index is 1070. The summed E-state index contributed by atoms with van der Waals surface area (Å²) in [6, 6.07) is 13.6. The van der Waals surface area contributed by atoms with Gasteiger partial charge in [0.15, 0.2) is 5.58 Å². The SMILES string of the molecule is C[C@]1(c2cccc(NC(=O)Cc3noc4ccccc34)c2)NC(=O)NC1=O. The van der Waals surface area contributed by atoms with Crippen LogP contribution in [0.1, 0.15) is 18.2 Å². The molecule has 1 aliphatic heterocycles. The minimum atomic E-state index is -1.18. The molecule has 0 bridgehead atoms. The van der Waals surface area contributed by atoms with Crippen molar-refractivity contribution in [2.75, 3.05) is 5.32 Å². The maximum atomic E-state index is 12.4. The van der Waals surface area contributed by atoms with Crippen LogP contribution in [0.15, 0.2) is 53.1 Å². The highest BCUT2D eigenvalue weighted by molar-refractivity contribution is 6.07. The Morgan fingerprint density at radius 1 is 1.19 bits per heavy atom. The number of nitrogens with zero attached hydrogens (tertiary/aromatic N) is 1. The van der Waals surface area contributed by atoms with Crippen molar-refractivity contribution in [3.05, 3.63) is 59.8 Å². The van der Waals surface area contributed by atoms with Crippen LogP contribution in [0, 0.1) is 0 Å². The summed E-state index contributed by atoms with van der Waals surface area (Å²) in [5, 5.41) is 12.3. The molecule has 136 valence electrons. The van der Waals surface area contributed by atoms with E-state index in [0.29, 0.717) is 22.5 Å². The quantitative estimate of drug-likeness (QED) is 0.613. The number of hydrogen-bond acceptors (Lipinski definition) is 5. The second kappa shape index (κ2) is 6.24. The van der Waals surface area contributed by atoms with Crippen LogP contribution in [0.25, 0.3) is 11.0 Å². The molecular weight excluding hydrogens is 348 g/mol. The fourth-order valence-electron chi connectivity index (χ4n) is 3.08. The number of aromatic nitrogens is 1. The van der Waals surface area contributed by atoms with Gasteiger partial charge in [0.05, 0.1) is 6.42 Å². The van der Waals surface area contributed by atoms with Crippen molar-refractivity contribution in [1.29, 1.82) is 0 Å². The molecule has 0 aliphatic carbocycles. The zero-order chi connectivity index (χ0) is 19.0. The lowest BCUT2D eigenvalue weighted by Gasteiger charge is -2.21. The summed E-state index contributed by atoms with van der Waals surface area (Å²) in [6.07, 6.45) is 0.0513. The standard InChI is InChI=1S/C19H16N4O4/c1-19(17(25)21-18(26)22-19)11-5-4-6-12(9-11)20-16(24)10-14-13-7-2-3-8-15(13)27-23-14/h2-9H,10H2,1H3,(H,20,24)(H2,21,22,25,26)/t19-/m1/s1. The van der Waals surface area contributed by atoms with Gasteiger partial charge in [0.25, 0.3) is 5.91 Å². The molecule has 0 radical (unpaired) electrons. The number of urea groups is 1. The highest BCUT2D eigenvalue weighted by Gasteiger charge is 2.43. The van der Waals surface area contributed by atoms with E-state index in [1.165, 1.54) is 0 Å². The Morgan fingerprint density at radius 3 is 2.78 bits per heavy atom. The fraction of sp³-hybridized carbons (Fsp3) is 0.158. The maximum absolute atomic E-state index is 12.4. The molecule has 0 spiro atoms. The van der Waals surface area contributed by atoms with Gasteiger partial charge in [-0.05, 0) is 36.8 Å². The van der Waals surface area contributed by atoms with Crippen LogP contribution < -0.4 is 16.0 Å². The van der Waals surface area contributed by atoms with Gasteiger partial charge in [0.1, 0.15) is 11.2 Å². The van der Waals surface area contributed by atoms with Crippen molar-refractivity contribution in [1.82, 2.24) is 15.8 Å². The van der Waals surface area contributed by atoms with Crippen LogP contribution in [-0.4, -0.2) is 23.0 Å². The third-order valence-corrected chi connectivity index (χ3v) is 4.55. The summed E-state index contributed by atoms with van der Waals surface area (Å²) in [5.74, 6) is -0.707. The van der Waals surface area contributed by atoms with Crippen LogP contribution in [0.2, 0.25) is 0 Å². The van der Waals surface area contributed by atoms with Crippen molar-refractivity contribution in [3.63, 3.8) is 0 Å². The summed E-state index contributed by atoms with van der Waals surface area (Å²) in [7, 11) is 0. The number of carbonyl (C=O) groups excluding carboxylic acids is 3. The van der Waals surface area contributed by atoms with Crippen LogP contribution in [0.3, 0.4) is 0 Å². The van der Waals surface area contributed by atoms with Crippen LogP contribution in [0.5, 0.6) is 0 Å². The van der Waals surface area contributed by atoms with E-state index in [0.717, 1.165) is 5.39 Å². The van der Waals surface area contributed by atoms with Crippen LogP contribution >= 0.6 is 0 Å². The largest absolute Gasteiger partial charge is 0.356 e.